The van der Waals surface area contributed by atoms with Crippen LogP contribution in [0.25, 0.3) is 6.08 Å². The third-order valence-corrected chi connectivity index (χ3v) is 6.99. The molecule has 2 atom stereocenters. The Hall–Kier alpha value is -4.73. The number of fused-ring (bicyclic) bond motifs is 1. The first-order valence-electron chi connectivity index (χ1n) is 13.5. The van der Waals surface area contributed by atoms with Crippen molar-refractivity contribution in [1.82, 2.24) is 15.0 Å². The molecule has 43 heavy (non-hydrogen) atoms. The van der Waals surface area contributed by atoms with Crippen LogP contribution in [0.3, 0.4) is 0 Å². The molecule has 0 N–H and O–H groups in total. The molecule has 0 saturated heterocycles. The second-order valence-corrected chi connectivity index (χ2v) is 9.72. The third kappa shape index (κ3) is 7.02. The zero-order valence-corrected chi connectivity index (χ0v) is 23.8. The van der Waals surface area contributed by atoms with E-state index < -0.39 is 30.5 Å². The number of allylic oxidation sites excluding steroid dienone is 1. The normalized spacial score (nSPS) is 16.5. The first-order chi connectivity index (χ1) is 20.6. The van der Waals surface area contributed by atoms with Crippen LogP contribution in [0.5, 0.6) is 5.88 Å². The molecule has 1 aliphatic rings. The van der Waals surface area contributed by atoms with Crippen LogP contribution in [0.4, 0.5) is 34.0 Å². The molecule has 1 aromatic carbocycles. The Kier molecular flexibility index (Phi) is 9.80. The molecule has 1 aliphatic heterocycles. The number of hydrogen-bond acceptors (Lipinski definition) is 8. The summed E-state index contributed by atoms with van der Waals surface area (Å²) in [7, 11) is 1.44. The second-order valence-electron chi connectivity index (χ2n) is 9.72. The van der Waals surface area contributed by atoms with Crippen molar-refractivity contribution in [3.05, 3.63) is 76.7 Å². The average Bonchev–Trinajstić information content (AvgIpc) is 3.01. The molecule has 13 heteroatoms. The van der Waals surface area contributed by atoms with Crippen LogP contribution in [0.1, 0.15) is 60.7 Å². The molecule has 226 valence electrons. The summed E-state index contributed by atoms with van der Waals surface area (Å²) >= 11 is 0. The van der Waals surface area contributed by atoms with Gasteiger partial charge in [-0.05, 0) is 55.2 Å². The minimum Gasteiger partial charge on any atom is -0.481 e. The number of ether oxygens (including phenoxy) is 2. The second kappa shape index (κ2) is 13.5. The maximum absolute atomic E-state index is 13.7. The molecular weight excluding hydrogens is 568 g/mol. The van der Waals surface area contributed by atoms with Crippen LogP contribution in [0.15, 0.2) is 48.8 Å². The highest BCUT2D eigenvalue weighted by Gasteiger charge is 2.41. The van der Waals surface area contributed by atoms with Crippen molar-refractivity contribution in [3.63, 3.8) is 0 Å². The zero-order valence-electron chi connectivity index (χ0n) is 23.8. The summed E-state index contributed by atoms with van der Waals surface area (Å²) in [4.78, 5) is 29.9. The molecule has 3 aromatic rings. The summed E-state index contributed by atoms with van der Waals surface area (Å²) in [5.41, 5.74) is 0.490. The standard InChI is InChI=1S/C30H30F4N6O3/c1-4-23-14-25(27-24(8-9-26(38-27)42-3)40(23)29(41)43-5-2)39(28-36-16-19(17-37-28)7-6-10-35)18-21-11-20(15-31)12-22(13-21)30(32,33)34/h6-9,11-13,16-17,23,25H,4-5,14-15,18H2,1-3H3/b7-6+/t23-,25+/m1/s1. The third-order valence-electron chi connectivity index (χ3n) is 6.99. The van der Waals surface area contributed by atoms with Crippen molar-refractivity contribution >= 4 is 23.8 Å². The van der Waals surface area contributed by atoms with Crippen molar-refractivity contribution < 1.29 is 31.8 Å². The lowest BCUT2D eigenvalue weighted by molar-refractivity contribution is -0.137. The van der Waals surface area contributed by atoms with Crippen molar-refractivity contribution in [1.29, 1.82) is 5.26 Å². The monoisotopic (exact) mass is 598 g/mol. The Balaban J connectivity index is 1.90. The van der Waals surface area contributed by atoms with Crippen LogP contribution in [-0.4, -0.2) is 40.8 Å². The van der Waals surface area contributed by atoms with Gasteiger partial charge in [0.25, 0.3) is 0 Å². The highest BCUT2D eigenvalue weighted by atomic mass is 19.4. The number of hydrogen-bond donors (Lipinski definition) is 0. The zero-order chi connectivity index (χ0) is 31.1. The molecule has 0 unspecified atom stereocenters. The van der Waals surface area contributed by atoms with E-state index in [1.54, 1.807) is 24.0 Å². The van der Waals surface area contributed by atoms with Gasteiger partial charge in [0, 0.05) is 42.7 Å². The molecular formula is C30H30F4N6O3. The summed E-state index contributed by atoms with van der Waals surface area (Å²) in [5, 5.41) is 8.86. The Labute approximate surface area is 246 Å². The van der Waals surface area contributed by atoms with Gasteiger partial charge in [-0.25, -0.2) is 24.1 Å². The summed E-state index contributed by atoms with van der Waals surface area (Å²) in [5.74, 6) is 0.424. The highest BCUT2D eigenvalue weighted by Crippen LogP contribution is 2.43. The van der Waals surface area contributed by atoms with Crippen molar-refractivity contribution in [2.75, 3.05) is 23.5 Å². The number of carbonyl (C=O) groups is 1. The predicted octanol–water partition coefficient (Wildman–Crippen LogP) is 6.80. The van der Waals surface area contributed by atoms with E-state index in [2.05, 4.69) is 15.0 Å². The number of rotatable bonds is 9. The predicted molar refractivity (Wildman–Crippen MR) is 151 cm³/mol. The van der Waals surface area contributed by atoms with E-state index in [-0.39, 0.29) is 42.1 Å². The van der Waals surface area contributed by atoms with Crippen LogP contribution < -0.4 is 14.5 Å². The lowest BCUT2D eigenvalue weighted by Crippen LogP contribution is -2.48. The van der Waals surface area contributed by atoms with E-state index in [0.717, 1.165) is 12.1 Å². The summed E-state index contributed by atoms with van der Waals surface area (Å²) in [6, 6.07) is 7.32. The Bertz CT molecular complexity index is 1510. The van der Waals surface area contributed by atoms with Gasteiger partial charge in [-0.3, -0.25) is 4.90 Å². The van der Waals surface area contributed by atoms with Gasteiger partial charge < -0.3 is 14.4 Å². The number of aromatic nitrogens is 3. The summed E-state index contributed by atoms with van der Waals surface area (Å²) in [6.07, 6.45) is 1.33. The van der Waals surface area contributed by atoms with Gasteiger partial charge in [-0.2, -0.15) is 18.4 Å². The van der Waals surface area contributed by atoms with Gasteiger partial charge in [0.2, 0.25) is 11.8 Å². The van der Waals surface area contributed by atoms with E-state index in [9.17, 15) is 22.4 Å². The van der Waals surface area contributed by atoms with E-state index in [4.69, 9.17) is 14.7 Å². The van der Waals surface area contributed by atoms with Gasteiger partial charge in [0.1, 0.15) is 6.67 Å². The van der Waals surface area contributed by atoms with Gasteiger partial charge in [0.05, 0.1) is 42.8 Å². The molecule has 9 nitrogen and oxygen atoms in total. The van der Waals surface area contributed by atoms with E-state index in [0.29, 0.717) is 29.8 Å². The minimum absolute atomic E-state index is 0.119. The van der Waals surface area contributed by atoms with Crippen LogP contribution in [0, 0.1) is 11.3 Å². The fourth-order valence-electron chi connectivity index (χ4n) is 5.06. The molecule has 0 saturated carbocycles. The first kappa shape index (κ1) is 31.2. The molecule has 3 heterocycles. The number of carbonyl (C=O) groups excluding carboxylic acids is 1. The number of nitriles is 1. The number of alkyl halides is 4. The number of benzene rings is 1. The maximum atomic E-state index is 13.7. The number of amides is 1. The Morgan fingerprint density at radius 3 is 2.51 bits per heavy atom. The number of anilines is 2. The summed E-state index contributed by atoms with van der Waals surface area (Å²) in [6.45, 7) is 2.56. The van der Waals surface area contributed by atoms with Gasteiger partial charge in [0.15, 0.2) is 0 Å². The molecule has 0 aliphatic carbocycles. The van der Waals surface area contributed by atoms with Crippen molar-refractivity contribution in [2.24, 2.45) is 0 Å². The quantitative estimate of drug-likeness (QED) is 0.196. The fourth-order valence-corrected chi connectivity index (χ4v) is 5.06. The van der Waals surface area contributed by atoms with Crippen molar-refractivity contribution in [3.8, 4) is 11.9 Å². The molecule has 2 aromatic heterocycles. The molecule has 0 bridgehead atoms. The summed E-state index contributed by atoms with van der Waals surface area (Å²) < 4.78 is 65.6. The van der Waals surface area contributed by atoms with E-state index >= 15 is 0 Å². The molecule has 0 spiro atoms. The highest BCUT2D eigenvalue weighted by molar-refractivity contribution is 5.90. The maximum Gasteiger partial charge on any atom is 0.416 e. The fraction of sp³-hybridized carbons (Fsp3) is 0.367. The van der Waals surface area contributed by atoms with Crippen LogP contribution in [-0.2, 0) is 24.1 Å². The number of nitrogens with zero attached hydrogens (tertiary/aromatic N) is 6. The Morgan fingerprint density at radius 1 is 1.19 bits per heavy atom. The topological polar surface area (TPSA) is 104 Å². The number of methoxy groups -OCH3 is 1. The van der Waals surface area contributed by atoms with Gasteiger partial charge >= 0.3 is 12.3 Å². The minimum atomic E-state index is -4.68. The molecule has 0 fully saturated rings. The van der Waals surface area contributed by atoms with Crippen LogP contribution >= 0.6 is 0 Å². The van der Waals surface area contributed by atoms with Crippen molar-refractivity contribution in [2.45, 2.75) is 58.2 Å². The lowest BCUT2D eigenvalue weighted by Gasteiger charge is -2.43. The molecule has 0 radical (unpaired) electrons. The Morgan fingerprint density at radius 2 is 1.91 bits per heavy atom. The number of pyridine rings is 1. The largest absolute Gasteiger partial charge is 0.481 e. The lowest BCUT2D eigenvalue weighted by atomic mass is 9.92. The average molecular weight is 599 g/mol. The SMILES string of the molecule is CCOC(=O)N1c2ccc(OC)nc2[C@@H](N(Cc2cc(CF)cc(C(F)(F)F)c2)c2ncc(/C=C/C#N)cn2)C[C@H]1CC. The van der Waals surface area contributed by atoms with E-state index in [1.807, 2.05) is 13.0 Å². The van der Waals surface area contributed by atoms with Gasteiger partial charge in [-0.1, -0.05) is 13.0 Å². The van der Waals surface area contributed by atoms with Gasteiger partial charge in [-0.15, -0.1) is 0 Å². The number of halogens is 4. The molecule has 4 rings (SSSR count). The molecule has 1 amide bonds. The van der Waals surface area contributed by atoms with Crippen LogP contribution in [0.2, 0.25) is 0 Å². The smallest absolute Gasteiger partial charge is 0.416 e. The first-order valence-corrected chi connectivity index (χ1v) is 13.5. The van der Waals surface area contributed by atoms with E-state index in [1.165, 1.54) is 42.6 Å².